The Labute approximate surface area is 183 Å². The summed E-state index contributed by atoms with van der Waals surface area (Å²) >= 11 is 15.3. The molecule has 0 saturated heterocycles. The number of carbonyl (C=O) groups excluding carboxylic acids is 1. The van der Waals surface area contributed by atoms with Gasteiger partial charge in [0, 0.05) is 5.39 Å². The minimum Gasteiger partial charge on any atom is -0.298 e. The Balaban J connectivity index is 1.59. The van der Waals surface area contributed by atoms with Crippen molar-refractivity contribution >= 4 is 78.0 Å². The molecule has 3 aromatic heterocycles. The summed E-state index contributed by atoms with van der Waals surface area (Å²) in [6.45, 7) is 0. The van der Waals surface area contributed by atoms with Gasteiger partial charge in [0.2, 0.25) is 0 Å². The van der Waals surface area contributed by atoms with Crippen molar-refractivity contribution in [1.29, 1.82) is 0 Å². The minimum absolute atomic E-state index is 0.257. The second kappa shape index (κ2) is 7.39. The highest BCUT2D eigenvalue weighted by Gasteiger charge is 2.17. The van der Waals surface area contributed by atoms with Gasteiger partial charge in [0.05, 0.1) is 36.4 Å². The smallest absolute Gasteiger partial charge is 0.258 e. The molecular weight excluding hydrogens is 445 g/mol. The average molecular weight is 456 g/mol. The Morgan fingerprint density at radius 2 is 1.79 bits per heavy atom. The van der Waals surface area contributed by atoms with E-state index in [1.165, 1.54) is 11.3 Å². The van der Waals surface area contributed by atoms with E-state index >= 15 is 0 Å². The van der Waals surface area contributed by atoms with E-state index in [0.29, 0.717) is 26.3 Å². The number of aromatic nitrogens is 2. The van der Waals surface area contributed by atoms with E-state index in [9.17, 15) is 4.79 Å². The number of thiophene rings is 1. The van der Waals surface area contributed by atoms with Crippen LogP contribution in [0.2, 0.25) is 10.0 Å². The number of benzene rings is 2. The summed E-state index contributed by atoms with van der Waals surface area (Å²) in [5.41, 5.74) is 2.65. The normalized spacial score (nSPS) is 11.2. The molecular formula is C21H11Cl2N3OS2. The van der Waals surface area contributed by atoms with Crippen LogP contribution in [0.1, 0.15) is 10.4 Å². The number of thiazole rings is 1. The van der Waals surface area contributed by atoms with Crippen LogP contribution in [0.25, 0.3) is 31.7 Å². The van der Waals surface area contributed by atoms with Crippen LogP contribution in [0.3, 0.4) is 0 Å². The molecule has 8 heteroatoms. The molecule has 4 nitrogen and oxygen atoms in total. The molecule has 0 saturated carbocycles. The van der Waals surface area contributed by atoms with Gasteiger partial charge in [-0.1, -0.05) is 58.8 Å². The second-order valence-electron chi connectivity index (χ2n) is 6.23. The summed E-state index contributed by atoms with van der Waals surface area (Å²) in [7, 11) is 0. The molecule has 0 aliphatic heterocycles. The van der Waals surface area contributed by atoms with Crippen molar-refractivity contribution in [3.63, 3.8) is 0 Å². The highest BCUT2D eigenvalue weighted by Crippen LogP contribution is 2.36. The molecule has 0 radical (unpaired) electrons. The lowest BCUT2D eigenvalue weighted by molar-refractivity contribution is 0.102. The molecule has 5 aromatic rings. The number of carbonyl (C=O) groups is 1. The van der Waals surface area contributed by atoms with Crippen LogP contribution >= 0.6 is 45.9 Å². The van der Waals surface area contributed by atoms with Crippen LogP contribution in [-0.4, -0.2) is 15.9 Å². The van der Waals surface area contributed by atoms with Crippen molar-refractivity contribution in [2.45, 2.75) is 0 Å². The fraction of sp³-hybridized carbons (Fsp3) is 0. The van der Waals surface area contributed by atoms with Crippen LogP contribution < -0.4 is 5.32 Å². The number of anilines is 1. The van der Waals surface area contributed by atoms with Crippen LogP contribution in [0.5, 0.6) is 0 Å². The maximum atomic E-state index is 13.2. The predicted molar refractivity (Wildman–Crippen MR) is 123 cm³/mol. The molecule has 0 spiro atoms. The molecule has 0 aliphatic rings. The lowest BCUT2D eigenvalue weighted by Gasteiger charge is -2.08. The van der Waals surface area contributed by atoms with E-state index in [1.807, 2.05) is 47.8 Å². The molecule has 5 rings (SSSR count). The number of fused-ring (bicyclic) bond motifs is 2. The molecule has 0 atom stereocenters. The zero-order chi connectivity index (χ0) is 20.0. The minimum atomic E-state index is -0.257. The second-order valence-corrected chi connectivity index (χ2v) is 8.99. The van der Waals surface area contributed by atoms with Crippen molar-refractivity contribution < 1.29 is 4.79 Å². The highest BCUT2D eigenvalue weighted by molar-refractivity contribution is 7.23. The third kappa shape index (κ3) is 3.38. The summed E-state index contributed by atoms with van der Waals surface area (Å²) in [6.07, 6.45) is 0. The number of para-hydroxylation sites is 1. The van der Waals surface area contributed by atoms with E-state index in [1.54, 1.807) is 23.5 Å². The van der Waals surface area contributed by atoms with Crippen LogP contribution in [0.15, 0.2) is 60.0 Å². The molecule has 3 heterocycles. The Morgan fingerprint density at radius 3 is 2.59 bits per heavy atom. The van der Waals surface area contributed by atoms with E-state index in [0.717, 1.165) is 26.2 Å². The maximum Gasteiger partial charge on any atom is 0.258 e. The number of hydrogen-bond acceptors (Lipinski definition) is 5. The Hall–Kier alpha value is -2.51. The van der Waals surface area contributed by atoms with E-state index in [4.69, 9.17) is 28.2 Å². The number of pyridine rings is 1. The molecule has 29 heavy (non-hydrogen) atoms. The monoisotopic (exact) mass is 455 g/mol. The van der Waals surface area contributed by atoms with E-state index in [-0.39, 0.29) is 5.91 Å². The summed E-state index contributed by atoms with van der Waals surface area (Å²) in [5, 5.41) is 7.15. The molecule has 0 aliphatic carbocycles. The molecule has 0 unspecified atom stereocenters. The van der Waals surface area contributed by atoms with Crippen molar-refractivity contribution in [3.8, 4) is 10.6 Å². The van der Waals surface area contributed by atoms with Gasteiger partial charge in [-0.25, -0.2) is 9.97 Å². The molecule has 0 bridgehead atoms. The summed E-state index contributed by atoms with van der Waals surface area (Å²) in [6, 6.07) is 16.8. The molecule has 1 amide bonds. The van der Waals surface area contributed by atoms with Gasteiger partial charge in [0.15, 0.2) is 5.13 Å². The number of halogens is 2. The van der Waals surface area contributed by atoms with Crippen molar-refractivity contribution in [2.24, 2.45) is 0 Å². The summed E-state index contributed by atoms with van der Waals surface area (Å²) in [5.74, 6) is -0.257. The highest BCUT2D eigenvalue weighted by atomic mass is 35.5. The first-order chi connectivity index (χ1) is 14.1. The topological polar surface area (TPSA) is 54.9 Å². The van der Waals surface area contributed by atoms with Gasteiger partial charge in [-0.05, 0) is 35.7 Å². The SMILES string of the molecule is O=C(Nc1nc2c(Cl)ccc(Cl)c2s1)c1cc(-c2cccs2)nc2ccccc12. The van der Waals surface area contributed by atoms with Gasteiger partial charge in [-0.15, -0.1) is 11.3 Å². The first-order valence-electron chi connectivity index (χ1n) is 8.60. The van der Waals surface area contributed by atoms with Gasteiger partial charge < -0.3 is 0 Å². The first kappa shape index (κ1) is 18.5. The number of nitrogens with zero attached hydrogens (tertiary/aromatic N) is 2. The zero-order valence-corrected chi connectivity index (χ0v) is 17.8. The lowest BCUT2D eigenvalue weighted by atomic mass is 10.1. The van der Waals surface area contributed by atoms with Crippen molar-refractivity contribution in [3.05, 3.63) is 75.6 Å². The third-order valence-corrected chi connectivity index (χ3v) is 7.03. The average Bonchev–Trinajstić information content (AvgIpc) is 3.40. The van der Waals surface area contributed by atoms with Gasteiger partial charge in [0.1, 0.15) is 5.52 Å². The van der Waals surface area contributed by atoms with E-state index < -0.39 is 0 Å². The first-order valence-corrected chi connectivity index (χ1v) is 11.0. The van der Waals surface area contributed by atoms with Crippen LogP contribution in [-0.2, 0) is 0 Å². The Bertz CT molecular complexity index is 1340. The largest absolute Gasteiger partial charge is 0.298 e. The fourth-order valence-corrected chi connectivity index (χ4v) is 5.18. The van der Waals surface area contributed by atoms with Crippen molar-refractivity contribution in [2.75, 3.05) is 5.32 Å². The quantitative estimate of drug-likeness (QED) is 0.314. The Kier molecular flexibility index (Phi) is 4.72. The predicted octanol–water partition coefficient (Wildman–Crippen LogP) is 7.13. The maximum absolute atomic E-state index is 13.2. The fourth-order valence-electron chi connectivity index (χ4n) is 3.08. The van der Waals surface area contributed by atoms with Gasteiger partial charge in [0.25, 0.3) is 5.91 Å². The van der Waals surface area contributed by atoms with Crippen LogP contribution in [0.4, 0.5) is 5.13 Å². The number of hydrogen-bond donors (Lipinski definition) is 1. The molecule has 142 valence electrons. The molecule has 0 fully saturated rings. The van der Waals surface area contributed by atoms with Gasteiger partial charge >= 0.3 is 0 Å². The molecule has 2 aromatic carbocycles. The summed E-state index contributed by atoms with van der Waals surface area (Å²) < 4.78 is 0.744. The molecule has 1 N–H and O–H groups in total. The zero-order valence-electron chi connectivity index (χ0n) is 14.6. The number of nitrogens with one attached hydrogen (secondary N) is 1. The van der Waals surface area contributed by atoms with Crippen LogP contribution in [0, 0.1) is 0 Å². The summed E-state index contributed by atoms with van der Waals surface area (Å²) in [4.78, 5) is 23.3. The van der Waals surface area contributed by atoms with Gasteiger partial charge in [-0.3, -0.25) is 10.1 Å². The standard InChI is InChI=1S/C21H11Cl2N3OS2/c22-13-7-8-14(23)19-18(13)25-21(29-19)26-20(27)12-10-16(17-6-3-9-28-17)24-15-5-2-1-4-11(12)15/h1-10H,(H,25,26,27). The Morgan fingerprint density at radius 1 is 0.966 bits per heavy atom. The number of rotatable bonds is 3. The lowest BCUT2D eigenvalue weighted by Crippen LogP contribution is -2.12. The third-order valence-electron chi connectivity index (χ3n) is 4.40. The van der Waals surface area contributed by atoms with Gasteiger partial charge in [-0.2, -0.15) is 0 Å². The van der Waals surface area contributed by atoms with Crippen molar-refractivity contribution in [1.82, 2.24) is 9.97 Å². The van der Waals surface area contributed by atoms with E-state index in [2.05, 4.69) is 10.3 Å². The number of amides is 1.